The van der Waals surface area contributed by atoms with Crippen molar-refractivity contribution in [3.8, 4) is 17.2 Å². The van der Waals surface area contributed by atoms with Crippen LogP contribution in [0.25, 0.3) is 5.69 Å². The molecule has 1 atom stereocenters. The number of rotatable bonds is 16. The Morgan fingerprint density at radius 1 is 1.03 bits per heavy atom. The zero-order valence-corrected chi connectivity index (χ0v) is 38.7. The van der Waals surface area contributed by atoms with E-state index in [-0.39, 0.29) is 33.7 Å². The molecule has 1 saturated carbocycles. The van der Waals surface area contributed by atoms with Crippen LogP contribution in [-0.4, -0.2) is 87.6 Å². The van der Waals surface area contributed by atoms with E-state index in [1.165, 1.54) is 55.8 Å². The number of hydrogen-bond acceptors (Lipinski definition) is 14. The van der Waals surface area contributed by atoms with Crippen molar-refractivity contribution in [3.63, 3.8) is 0 Å². The molecule has 0 radical (unpaired) electrons. The van der Waals surface area contributed by atoms with Crippen LogP contribution in [0.15, 0.2) is 91.9 Å². The summed E-state index contributed by atoms with van der Waals surface area (Å²) in [6.45, 7) is 3.19. The molecule has 2 aromatic heterocycles. The number of nitrogens with zero attached hydrogens (tertiary/aromatic N) is 3. The summed E-state index contributed by atoms with van der Waals surface area (Å²) in [6.07, 6.45) is -1.21. The van der Waals surface area contributed by atoms with E-state index in [1.807, 2.05) is 25.1 Å². The van der Waals surface area contributed by atoms with Gasteiger partial charge in [0, 0.05) is 41.4 Å². The summed E-state index contributed by atoms with van der Waals surface area (Å²) in [5.74, 6) is -0.492. The maximum absolute atomic E-state index is 13.1. The molecule has 6 rings (SSSR count). The van der Waals surface area contributed by atoms with E-state index in [1.54, 1.807) is 6.92 Å². The summed E-state index contributed by atoms with van der Waals surface area (Å²) in [7, 11) is -5.44. The number of carbonyl (C=O) groups is 3. The molecule has 3 aromatic carbocycles. The van der Waals surface area contributed by atoms with Gasteiger partial charge < -0.3 is 33.6 Å². The predicted octanol–water partition coefficient (Wildman–Crippen LogP) is 5.27. The Hall–Kier alpha value is -6.10. The first-order valence-electron chi connectivity index (χ1n) is 19.7. The van der Waals surface area contributed by atoms with Gasteiger partial charge in [0.2, 0.25) is 0 Å². The molecule has 0 bridgehead atoms. The number of ketones is 1. The molecule has 0 aliphatic heterocycles. The Morgan fingerprint density at radius 3 is 2.24 bits per heavy atom. The van der Waals surface area contributed by atoms with Crippen LogP contribution in [0.3, 0.4) is 0 Å². The minimum atomic E-state index is -4.84. The zero-order chi connectivity index (χ0) is 50.0. The lowest BCUT2D eigenvalue weighted by atomic mass is 10.0. The molecular weight excluding hydrogens is 956 g/mol. The second-order valence-electron chi connectivity index (χ2n) is 14.7. The summed E-state index contributed by atoms with van der Waals surface area (Å²) in [4.78, 5) is 75.2. The van der Waals surface area contributed by atoms with Crippen molar-refractivity contribution in [2.45, 2.75) is 62.8 Å². The fourth-order valence-corrected chi connectivity index (χ4v) is 7.48. The van der Waals surface area contributed by atoms with Crippen LogP contribution in [0.5, 0.6) is 11.5 Å². The number of carboxylic acid groups (broad SMARTS) is 1. The highest BCUT2D eigenvalue weighted by atomic mass is 35.5. The van der Waals surface area contributed by atoms with Gasteiger partial charge in [-0.3, -0.25) is 28.8 Å². The van der Waals surface area contributed by atoms with Gasteiger partial charge in [0.05, 0.1) is 42.3 Å². The number of alkyl halides is 3. The average molecular weight is 1000 g/mol. The first-order chi connectivity index (χ1) is 31.2. The summed E-state index contributed by atoms with van der Waals surface area (Å²) < 4.78 is 95.4. The molecular formula is C42H45ClF3N4O15PS. The number of aryl methyl sites for hydroxylation is 1. The smallest absolute Gasteiger partial charge is 0.431 e. The highest BCUT2D eigenvalue weighted by molar-refractivity contribution is 7.90. The molecule has 1 fully saturated rings. The van der Waals surface area contributed by atoms with Gasteiger partial charge in [0.25, 0.3) is 5.56 Å². The normalized spacial score (nSPS) is 13.0. The molecule has 19 nitrogen and oxygen atoms in total. The monoisotopic (exact) mass is 1000 g/mol. The SMILES string of the molecule is CCc1ccc(COc2ccc(-n3c(=O)cc(C(F)(F)F)n(C)c3=O)cc2)c(OC(C)C(=O)OC)c1.CS(=O)(=O)c1cc(Cl)ccc1C(=O)c1cnoc1C1CC1.O=C(O)CNCP(=O)(O)O. The summed E-state index contributed by atoms with van der Waals surface area (Å²) in [5.41, 5.74) is -1.39. The summed E-state index contributed by atoms with van der Waals surface area (Å²) >= 11 is 5.84. The average Bonchev–Trinajstić information content (AvgIpc) is 3.98. The number of benzene rings is 3. The highest BCUT2D eigenvalue weighted by Gasteiger charge is 2.36. The molecule has 25 heteroatoms. The molecule has 1 aliphatic carbocycles. The van der Waals surface area contributed by atoms with Crippen molar-refractivity contribution in [1.82, 2.24) is 19.6 Å². The van der Waals surface area contributed by atoms with Crippen LogP contribution in [0.2, 0.25) is 5.02 Å². The third kappa shape index (κ3) is 15.2. The van der Waals surface area contributed by atoms with E-state index < -0.39 is 77.2 Å². The number of methoxy groups -OCH3 is 1. The molecule has 0 saturated heterocycles. The van der Waals surface area contributed by atoms with E-state index in [2.05, 4.69) is 10.5 Å². The van der Waals surface area contributed by atoms with E-state index in [4.69, 9.17) is 45.2 Å². The van der Waals surface area contributed by atoms with Crippen molar-refractivity contribution in [2.24, 2.45) is 7.05 Å². The van der Waals surface area contributed by atoms with Crippen molar-refractivity contribution < 1.29 is 74.2 Å². The maximum atomic E-state index is 13.1. The van der Waals surface area contributed by atoms with Gasteiger partial charge in [-0.15, -0.1) is 0 Å². The Bertz CT molecular complexity index is 2880. The van der Waals surface area contributed by atoms with Gasteiger partial charge in [-0.1, -0.05) is 35.8 Å². The van der Waals surface area contributed by atoms with E-state index in [0.29, 0.717) is 43.6 Å². The Morgan fingerprint density at radius 2 is 1.69 bits per heavy atom. The second-order valence-corrected chi connectivity index (χ2v) is 18.7. The van der Waals surface area contributed by atoms with Crippen LogP contribution >= 0.6 is 19.2 Å². The van der Waals surface area contributed by atoms with Crippen LogP contribution in [0, 0.1) is 0 Å². The van der Waals surface area contributed by atoms with Gasteiger partial charge in [-0.2, -0.15) is 13.2 Å². The van der Waals surface area contributed by atoms with Crippen LogP contribution in [-0.2, 0) is 55.0 Å². The van der Waals surface area contributed by atoms with Crippen LogP contribution < -0.4 is 26.0 Å². The lowest BCUT2D eigenvalue weighted by Gasteiger charge is -2.17. The molecule has 5 aromatic rings. The lowest BCUT2D eigenvalue weighted by molar-refractivity contribution is -0.148. The van der Waals surface area contributed by atoms with Gasteiger partial charge in [0.1, 0.15) is 23.8 Å². The number of sulfone groups is 1. The van der Waals surface area contributed by atoms with Gasteiger partial charge in [-0.25, -0.2) is 22.6 Å². The van der Waals surface area contributed by atoms with E-state index >= 15 is 0 Å². The molecule has 2 heterocycles. The number of hydrogen-bond donors (Lipinski definition) is 4. The van der Waals surface area contributed by atoms with E-state index in [9.17, 15) is 50.1 Å². The topological polar surface area (TPSA) is 273 Å². The zero-order valence-electron chi connectivity index (χ0n) is 36.3. The Kier molecular flexibility index (Phi) is 18.0. The minimum absolute atomic E-state index is 0.0779. The van der Waals surface area contributed by atoms with Crippen molar-refractivity contribution in [1.29, 1.82) is 0 Å². The van der Waals surface area contributed by atoms with Crippen molar-refractivity contribution >= 4 is 46.8 Å². The van der Waals surface area contributed by atoms with Crippen LogP contribution in [0.4, 0.5) is 13.2 Å². The number of carbonyl (C=O) groups excluding carboxylic acids is 2. The third-order valence-corrected chi connectivity index (χ3v) is 11.5. The predicted molar refractivity (Wildman–Crippen MR) is 234 cm³/mol. The van der Waals surface area contributed by atoms with E-state index in [0.717, 1.165) is 38.1 Å². The van der Waals surface area contributed by atoms with Crippen LogP contribution in [0.1, 0.15) is 71.1 Å². The van der Waals surface area contributed by atoms with Gasteiger partial charge in [0.15, 0.2) is 27.5 Å². The van der Waals surface area contributed by atoms with Crippen molar-refractivity contribution in [2.75, 3.05) is 26.2 Å². The number of nitrogens with one attached hydrogen (secondary N) is 1. The third-order valence-electron chi connectivity index (χ3n) is 9.45. The fraction of sp³-hybridized carbons (Fsp3) is 0.333. The Labute approximate surface area is 385 Å². The Balaban J connectivity index is 0.000000264. The maximum Gasteiger partial charge on any atom is 0.431 e. The molecule has 1 unspecified atom stereocenters. The first-order valence-corrected chi connectivity index (χ1v) is 23.8. The van der Waals surface area contributed by atoms with Crippen molar-refractivity contribution in [3.05, 3.63) is 132 Å². The number of carboxylic acids is 1. The number of esters is 1. The molecule has 67 heavy (non-hydrogen) atoms. The largest absolute Gasteiger partial charge is 0.489 e. The summed E-state index contributed by atoms with van der Waals surface area (Å²) in [5, 5.41) is 14.0. The molecule has 0 amide bonds. The number of halogens is 4. The standard InChI is InChI=1S/C25H25F3N2O6.C14H12ClNO4S.C3H8NO5P/c1-5-16-6-7-17(20(12-16)36-15(2)23(32)34-4)14-35-19-10-8-18(9-11-19)30-22(31)13-21(25(26,27)28)29(3)24(30)33;1-21(18,19)12-6-9(15)4-5-10(12)13(17)11-7-16-20-14(11)8-2-3-8;5-3(6)1-4-2-10(7,8)9/h6-13,15H,5,14H2,1-4H3;4-8H,2-3H2,1H3;4H,1-2H2,(H,5,6)(H2,7,8,9). The number of ether oxygens (including phenoxy) is 3. The molecule has 1 aliphatic rings. The lowest BCUT2D eigenvalue weighted by Crippen LogP contribution is -2.40. The second kappa shape index (κ2) is 22.6. The van der Waals surface area contributed by atoms with Gasteiger partial charge in [-0.05, 0) is 80.3 Å². The number of aromatic nitrogens is 3. The summed E-state index contributed by atoms with van der Waals surface area (Å²) in [6, 6.07) is 15.9. The number of aliphatic carboxylic acids is 1. The quantitative estimate of drug-likeness (QED) is 0.0557. The molecule has 0 spiro atoms. The molecule has 362 valence electrons. The minimum Gasteiger partial charge on any atom is -0.489 e. The molecule has 4 N–H and O–H groups in total. The highest BCUT2D eigenvalue weighted by Crippen LogP contribution is 2.42. The van der Waals surface area contributed by atoms with Gasteiger partial charge >= 0.3 is 31.4 Å². The first kappa shape index (κ1) is 53.5. The fourth-order valence-electron chi connectivity index (χ4n) is 5.94.